The summed E-state index contributed by atoms with van der Waals surface area (Å²) in [6.07, 6.45) is 0.492. The van der Waals surface area contributed by atoms with E-state index in [0.29, 0.717) is 0 Å². The zero-order valence-corrected chi connectivity index (χ0v) is 7.46. The van der Waals surface area contributed by atoms with E-state index in [0.717, 1.165) is 0 Å². The Balaban J connectivity index is 2.72. The van der Waals surface area contributed by atoms with Crippen LogP contribution in [0.15, 0.2) is 11.1 Å². The summed E-state index contributed by atoms with van der Waals surface area (Å²) in [7, 11) is 1.52. The monoisotopic (exact) mass is 189 g/mol. The molecule has 4 nitrogen and oxygen atoms in total. The number of nitrogens with zero attached hydrogens (tertiary/aromatic N) is 1. The highest BCUT2D eigenvalue weighted by Gasteiger charge is 2.31. The van der Waals surface area contributed by atoms with Gasteiger partial charge in [0.2, 0.25) is 6.23 Å². The first kappa shape index (κ1) is 9.06. The summed E-state index contributed by atoms with van der Waals surface area (Å²) in [4.78, 5) is 22.8. The molecule has 0 aromatic rings. The average molecular weight is 190 g/mol. The molecule has 0 radical (unpaired) electrons. The van der Waals surface area contributed by atoms with E-state index in [2.05, 4.69) is 0 Å². The maximum absolute atomic E-state index is 11.0. The Morgan fingerprint density at radius 1 is 1.75 bits per heavy atom. The molecule has 1 atom stereocenters. The Kier molecular flexibility index (Phi) is 2.38. The van der Waals surface area contributed by atoms with Crippen molar-refractivity contribution in [3.05, 3.63) is 11.1 Å². The quantitative estimate of drug-likeness (QED) is 0.564. The molecule has 1 rings (SSSR count). The lowest BCUT2D eigenvalue weighted by atomic mass is 10.5. The number of esters is 1. The summed E-state index contributed by atoms with van der Waals surface area (Å²) in [6, 6.07) is 0. The second kappa shape index (κ2) is 3.15. The molecule has 1 aliphatic heterocycles. The first-order valence-electron chi connectivity index (χ1n) is 3.33. The fourth-order valence-corrected chi connectivity index (χ4v) is 1.17. The zero-order chi connectivity index (χ0) is 9.30. The molecule has 1 unspecified atom stereocenters. The molecule has 1 amide bonds. The number of hydrogen-bond acceptors (Lipinski definition) is 3. The van der Waals surface area contributed by atoms with Crippen molar-refractivity contribution >= 4 is 23.5 Å². The molecule has 0 N–H and O–H groups in total. The van der Waals surface area contributed by atoms with Crippen molar-refractivity contribution in [1.82, 2.24) is 4.90 Å². The Morgan fingerprint density at radius 3 is 2.67 bits per heavy atom. The maximum Gasteiger partial charge on any atom is 0.304 e. The zero-order valence-electron chi connectivity index (χ0n) is 6.70. The highest BCUT2D eigenvalue weighted by molar-refractivity contribution is 6.32. The topological polar surface area (TPSA) is 46.6 Å². The van der Waals surface area contributed by atoms with Gasteiger partial charge in [-0.2, -0.15) is 0 Å². The van der Waals surface area contributed by atoms with Crippen molar-refractivity contribution < 1.29 is 14.3 Å². The normalized spacial score (nSPS) is 22.6. The lowest BCUT2D eigenvalue weighted by Crippen LogP contribution is -2.34. The van der Waals surface area contributed by atoms with Crippen LogP contribution in [-0.4, -0.2) is 30.1 Å². The number of halogens is 1. The predicted molar refractivity (Wildman–Crippen MR) is 42.3 cm³/mol. The third-order valence-electron chi connectivity index (χ3n) is 1.47. The van der Waals surface area contributed by atoms with Crippen molar-refractivity contribution in [3.8, 4) is 0 Å². The number of carbonyl (C=O) groups excluding carboxylic acids is 2. The summed E-state index contributed by atoms with van der Waals surface area (Å²) in [5.41, 5.74) is 0. The van der Waals surface area contributed by atoms with Crippen molar-refractivity contribution in [2.24, 2.45) is 0 Å². The number of likely N-dealkylation sites (N-methyl/N-ethyl adjacent to an activating group) is 1. The minimum Gasteiger partial charge on any atom is -0.436 e. The van der Waals surface area contributed by atoms with E-state index in [1.165, 1.54) is 24.9 Å². The van der Waals surface area contributed by atoms with Crippen molar-refractivity contribution in [2.45, 2.75) is 13.2 Å². The molecular weight excluding hydrogens is 182 g/mol. The molecule has 5 heteroatoms. The highest BCUT2D eigenvalue weighted by atomic mass is 35.5. The van der Waals surface area contributed by atoms with Gasteiger partial charge >= 0.3 is 5.97 Å². The Bertz CT molecular complexity index is 261. The highest BCUT2D eigenvalue weighted by Crippen LogP contribution is 2.21. The lowest BCUT2D eigenvalue weighted by molar-refractivity contribution is -0.153. The minimum atomic E-state index is -0.739. The van der Waals surface area contributed by atoms with Crippen LogP contribution in [0.1, 0.15) is 6.92 Å². The Morgan fingerprint density at radius 2 is 2.33 bits per heavy atom. The van der Waals surface area contributed by atoms with Crippen molar-refractivity contribution in [2.75, 3.05) is 7.05 Å². The van der Waals surface area contributed by atoms with E-state index < -0.39 is 12.2 Å². The molecule has 66 valence electrons. The molecule has 0 bridgehead atoms. The first-order chi connectivity index (χ1) is 5.52. The third kappa shape index (κ3) is 1.58. The molecular formula is C7H8ClNO3. The second-order valence-electron chi connectivity index (χ2n) is 2.44. The summed E-state index contributed by atoms with van der Waals surface area (Å²) in [5.74, 6) is -0.723. The number of hydrogen-bond donors (Lipinski definition) is 0. The van der Waals surface area contributed by atoms with Crippen LogP contribution in [0.4, 0.5) is 0 Å². The Hall–Kier alpha value is -1.03. The number of carbonyl (C=O) groups is 2. The van der Waals surface area contributed by atoms with Crippen LogP contribution in [0.2, 0.25) is 0 Å². The summed E-state index contributed by atoms with van der Waals surface area (Å²) in [5, 5.41) is 0.234. The third-order valence-corrected chi connectivity index (χ3v) is 1.77. The molecule has 0 spiro atoms. The van der Waals surface area contributed by atoms with E-state index >= 15 is 0 Å². The number of amides is 1. The van der Waals surface area contributed by atoms with Gasteiger partial charge in [0.25, 0.3) is 5.91 Å². The minimum absolute atomic E-state index is 0.234. The lowest BCUT2D eigenvalue weighted by Gasteiger charge is -2.19. The fourth-order valence-electron chi connectivity index (χ4n) is 0.884. The molecule has 0 saturated carbocycles. The van der Waals surface area contributed by atoms with Crippen LogP contribution in [-0.2, 0) is 14.3 Å². The van der Waals surface area contributed by atoms with Gasteiger partial charge in [-0.15, -0.1) is 0 Å². The van der Waals surface area contributed by atoms with Crippen LogP contribution in [0.25, 0.3) is 0 Å². The van der Waals surface area contributed by atoms with E-state index in [4.69, 9.17) is 16.3 Å². The van der Waals surface area contributed by atoms with Crippen LogP contribution >= 0.6 is 11.6 Å². The summed E-state index contributed by atoms with van der Waals surface area (Å²) in [6.45, 7) is 1.26. The van der Waals surface area contributed by atoms with Gasteiger partial charge in [-0.3, -0.25) is 9.59 Å². The average Bonchev–Trinajstić information content (AvgIpc) is 2.16. The van der Waals surface area contributed by atoms with Crippen LogP contribution < -0.4 is 0 Å². The fraction of sp³-hybridized carbons (Fsp3) is 0.429. The molecule has 0 aromatic carbocycles. The van der Waals surface area contributed by atoms with Crippen molar-refractivity contribution in [3.63, 3.8) is 0 Å². The van der Waals surface area contributed by atoms with Gasteiger partial charge in [0.15, 0.2) is 0 Å². The Labute approximate surface area is 74.7 Å². The number of rotatable bonds is 1. The number of ether oxygens (including phenoxy) is 1. The summed E-state index contributed by atoms with van der Waals surface area (Å²) < 4.78 is 4.77. The van der Waals surface area contributed by atoms with Crippen LogP contribution in [0.5, 0.6) is 0 Å². The van der Waals surface area contributed by atoms with Gasteiger partial charge in [-0.1, -0.05) is 11.6 Å². The molecule has 12 heavy (non-hydrogen) atoms. The van der Waals surface area contributed by atoms with Gasteiger partial charge in [0.05, 0.1) is 5.03 Å². The van der Waals surface area contributed by atoms with E-state index in [-0.39, 0.29) is 10.9 Å². The van der Waals surface area contributed by atoms with Gasteiger partial charge in [-0.05, 0) is 0 Å². The standard InChI is InChI=1S/C7H8ClNO3/c1-4(10)12-7-5(8)3-6(11)9(7)2/h3,7H,1-2H3. The molecule has 0 saturated heterocycles. The van der Waals surface area contributed by atoms with Crippen LogP contribution in [0, 0.1) is 0 Å². The van der Waals surface area contributed by atoms with Gasteiger partial charge in [0, 0.05) is 20.0 Å². The molecule has 0 aromatic heterocycles. The van der Waals surface area contributed by atoms with Gasteiger partial charge in [0.1, 0.15) is 0 Å². The summed E-state index contributed by atoms with van der Waals surface area (Å²) >= 11 is 5.63. The molecule has 1 aliphatic rings. The maximum atomic E-state index is 11.0. The van der Waals surface area contributed by atoms with Crippen molar-refractivity contribution in [1.29, 1.82) is 0 Å². The van der Waals surface area contributed by atoms with Crippen LogP contribution in [0.3, 0.4) is 0 Å². The molecule has 0 aliphatic carbocycles. The van der Waals surface area contributed by atoms with E-state index in [9.17, 15) is 9.59 Å². The molecule has 1 heterocycles. The van der Waals surface area contributed by atoms with Gasteiger partial charge < -0.3 is 9.64 Å². The SMILES string of the molecule is CC(=O)OC1C(Cl)=CC(=O)N1C. The van der Waals surface area contributed by atoms with Gasteiger partial charge in [-0.25, -0.2) is 0 Å². The smallest absolute Gasteiger partial charge is 0.304 e. The van der Waals surface area contributed by atoms with E-state index in [1.54, 1.807) is 0 Å². The largest absolute Gasteiger partial charge is 0.436 e. The predicted octanol–water partition coefficient (Wildman–Crippen LogP) is 0.470. The molecule has 0 fully saturated rings. The van der Waals surface area contributed by atoms with E-state index in [1.807, 2.05) is 0 Å². The first-order valence-corrected chi connectivity index (χ1v) is 3.71. The second-order valence-corrected chi connectivity index (χ2v) is 2.88.